The average Bonchev–Trinajstić information content (AvgIpc) is 2.06. The maximum atomic E-state index is 11.3. The number of sulfone groups is 1. The number of hydrogen-bond acceptors (Lipinski definition) is 3. The molecule has 4 heteroatoms. The Kier molecular flexibility index (Phi) is 2.90. The third-order valence-corrected chi connectivity index (χ3v) is 4.22. The minimum atomic E-state index is -2.85. The molecule has 0 aromatic carbocycles. The maximum absolute atomic E-state index is 11.3. The van der Waals surface area contributed by atoms with Gasteiger partial charge in [-0.05, 0) is 12.8 Å². The first-order valence-corrected chi connectivity index (χ1v) is 5.67. The van der Waals surface area contributed by atoms with Gasteiger partial charge in [0, 0.05) is 12.4 Å². The van der Waals surface area contributed by atoms with Crippen LogP contribution < -0.4 is 0 Å². The van der Waals surface area contributed by atoms with E-state index in [9.17, 15) is 8.42 Å². The summed E-state index contributed by atoms with van der Waals surface area (Å²) in [7, 11) is -2.85. The van der Waals surface area contributed by atoms with Crippen molar-refractivity contribution in [3.8, 4) is 0 Å². The summed E-state index contributed by atoms with van der Waals surface area (Å²) in [5, 5.41) is -0.235. The van der Waals surface area contributed by atoms with E-state index in [0.29, 0.717) is 6.61 Å². The first-order valence-electron chi connectivity index (χ1n) is 3.96. The van der Waals surface area contributed by atoms with Crippen LogP contribution in [0.5, 0.6) is 0 Å². The fraction of sp³-hybridized carbons (Fsp3) is 1.00. The van der Waals surface area contributed by atoms with Crippen LogP contribution in [0.2, 0.25) is 0 Å². The SMILES string of the molecule is CCS(=O)(=O)C1CCCOC1. The van der Waals surface area contributed by atoms with E-state index >= 15 is 0 Å². The maximum Gasteiger partial charge on any atom is 0.155 e. The first kappa shape index (κ1) is 9.00. The van der Waals surface area contributed by atoms with Crippen molar-refractivity contribution < 1.29 is 13.2 Å². The van der Waals surface area contributed by atoms with Crippen LogP contribution in [0.25, 0.3) is 0 Å². The zero-order valence-corrected chi connectivity index (χ0v) is 7.56. The number of hydrogen-bond donors (Lipinski definition) is 0. The van der Waals surface area contributed by atoms with Gasteiger partial charge >= 0.3 is 0 Å². The van der Waals surface area contributed by atoms with Crippen LogP contribution >= 0.6 is 0 Å². The summed E-state index contributed by atoms with van der Waals surface area (Å²) >= 11 is 0. The predicted octanol–water partition coefficient (Wildman–Crippen LogP) is 0.600. The Bertz CT molecular complexity index is 202. The molecule has 0 aromatic rings. The highest BCUT2D eigenvalue weighted by molar-refractivity contribution is 7.92. The Morgan fingerprint density at radius 1 is 1.55 bits per heavy atom. The molecule has 1 rings (SSSR count). The zero-order chi connectivity index (χ0) is 8.32. The molecule has 0 amide bonds. The van der Waals surface area contributed by atoms with E-state index in [1.807, 2.05) is 0 Å². The van der Waals surface area contributed by atoms with E-state index in [2.05, 4.69) is 0 Å². The van der Waals surface area contributed by atoms with Gasteiger partial charge in [-0.25, -0.2) is 8.42 Å². The number of ether oxygens (including phenoxy) is 1. The van der Waals surface area contributed by atoms with Gasteiger partial charge in [-0.2, -0.15) is 0 Å². The first-order chi connectivity index (χ1) is 5.17. The monoisotopic (exact) mass is 178 g/mol. The standard InChI is InChI=1S/C7H14O3S/c1-2-11(8,9)7-4-3-5-10-6-7/h7H,2-6H2,1H3. The molecule has 1 heterocycles. The van der Waals surface area contributed by atoms with Crippen LogP contribution in [0.1, 0.15) is 19.8 Å². The third-order valence-electron chi connectivity index (χ3n) is 2.03. The van der Waals surface area contributed by atoms with Crippen molar-refractivity contribution in [2.45, 2.75) is 25.0 Å². The smallest absolute Gasteiger partial charge is 0.155 e. The lowest BCUT2D eigenvalue weighted by molar-refractivity contribution is 0.0991. The second-order valence-electron chi connectivity index (χ2n) is 2.79. The molecule has 0 radical (unpaired) electrons. The van der Waals surface area contributed by atoms with Crippen LogP contribution in [0.15, 0.2) is 0 Å². The van der Waals surface area contributed by atoms with E-state index in [0.717, 1.165) is 19.4 Å². The molecule has 0 aromatic heterocycles. The van der Waals surface area contributed by atoms with Gasteiger partial charge in [0.25, 0.3) is 0 Å². The Labute approximate surface area is 67.7 Å². The lowest BCUT2D eigenvalue weighted by atomic mass is 10.2. The second-order valence-corrected chi connectivity index (χ2v) is 5.36. The van der Waals surface area contributed by atoms with Gasteiger partial charge in [0.1, 0.15) is 0 Å². The topological polar surface area (TPSA) is 43.4 Å². The largest absolute Gasteiger partial charge is 0.380 e. The molecule has 1 aliphatic heterocycles. The van der Waals surface area contributed by atoms with Gasteiger partial charge in [-0.1, -0.05) is 6.92 Å². The van der Waals surface area contributed by atoms with Crippen molar-refractivity contribution >= 4 is 9.84 Å². The molecular formula is C7H14O3S. The summed E-state index contributed by atoms with van der Waals surface area (Å²) in [5.41, 5.74) is 0. The molecule has 1 aliphatic rings. The minimum absolute atomic E-state index is 0.235. The van der Waals surface area contributed by atoms with Crippen LogP contribution in [0, 0.1) is 0 Å². The van der Waals surface area contributed by atoms with E-state index in [1.165, 1.54) is 0 Å². The van der Waals surface area contributed by atoms with E-state index in [1.54, 1.807) is 6.92 Å². The van der Waals surface area contributed by atoms with Crippen molar-refractivity contribution in [2.75, 3.05) is 19.0 Å². The highest BCUT2D eigenvalue weighted by Gasteiger charge is 2.25. The molecule has 0 N–H and O–H groups in total. The molecule has 0 bridgehead atoms. The fourth-order valence-electron chi connectivity index (χ4n) is 1.23. The van der Waals surface area contributed by atoms with E-state index in [4.69, 9.17) is 4.74 Å². The molecule has 0 aliphatic carbocycles. The fourth-order valence-corrected chi connectivity index (χ4v) is 2.53. The van der Waals surface area contributed by atoms with Crippen molar-refractivity contribution in [1.29, 1.82) is 0 Å². The Morgan fingerprint density at radius 2 is 2.27 bits per heavy atom. The van der Waals surface area contributed by atoms with E-state index < -0.39 is 9.84 Å². The van der Waals surface area contributed by atoms with Crippen LogP contribution in [0.4, 0.5) is 0 Å². The minimum Gasteiger partial charge on any atom is -0.380 e. The van der Waals surface area contributed by atoms with Crippen molar-refractivity contribution in [1.82, 2.24) is 0 Å². The highest BCUT2D eigenvalue weighted by atomic mass is 32.2. The molecule has 66 valence electrons. The van der Waals surface area contributed by atoms with Gasteiger partial charge in [0.2, 0.25) is 0 Å². The molecular weight excluding hydrogens is 164 g/mol. The van der Waals surface area contributed by atoms with Crippen molar-refractivity contribution in [3.63, 3.8) is 0 Å². The molecule has 3 nitrogen and oxygen atoms in total. The van der Waals surface area contributed by atoms with Crippen LogP contribution in [-0.4, -0.2) is 32.6 Å². The molecule has 11 heavy (non-hydrogen) atoms. The second kappa shape index (κ2) is 3.54. The van der Waals surface area contributed by atoms with Crippen molar-refractivity contribution in [2.24, 2.45) is 0 Å². The molecule has 1 unspecified atom stereocenters. The molecule has 0 saturated carbocycles. The summed E-state index contributed by atoms with van der Waals surface area (Å²) in [4.78, 5) is 0. The Hall–Kier alpha value is -0.0900. The normalized spacial score (nSPS) is 26.8. The zero-order valence-electron chi connectivity index (χ0n) is 6.75. The Balaban J connectivity index is 2.58. The van der Waals surface area contributed by atoms with Gasteiger partial charge in [-0.3, -0.25) is 0 Å². The van der Waals surface area contributed by atoms with Crippen LogP contribution in [-0.2, 0) is 14.6 Å². The van der Waals surface area contributed by atoms with Gasteiger partial charge in [-0.15, -0.1) is 0 Å². The predicted molar refractivity (Wildman–Crippen MR) is 43.3 cm³/mol. The summed E-state index contributed by atoms with van der Waals surface area (Å²) < 4.78 is 27.6. The quantitative estimate of drug-likeness (QED) is 0.622. The van der Waals surface area contributed by atoms with Crippen LogP contribution in [0.3, 0.4) is 0 Å². The molecule has 1 saturated heterocycles. The van der Waals surface area contributed by atoms with Gasteiger partial charge in [0.05, 0.1) is 11.9 Å². The van der Waals surface area contributed by atoms with Crippen molar-refractivity contribution in [3.05, 3.63) is 0 Å². The lowest BCUT2D eigenvalue weighted by Crippen LogP contribution is -2.31. The molecule has 1 fully saturated rings. The molecule has 0 spiro atoms. The Morgan fingerprint density at radius 3 is 2.73 bits per heavy atom. The van der Waals surface area contributed by atoms with Gasteiger partial charge < -0.3 is 4.74 Å². The summed E-state index contributed by atoms with van der Waals surface area (Å²) in [5.74, 6) is 0.237. The lowest BCUT2D eigenvalue weighted by Gasteiger charge is -2.21. The van der Waals surface area contributed by atoms with E-state index in [-0.39, 0.29) is 11.0 Å². The average molecular weight is 178 g/mol. The summed E-state index contributed by atoms with van der Waals surface area (Å²) in [6.45, 7) is 2.80. The highest BCUT2D eigenvalue weighted by Crippen LogP contribution is 2.14. The third kappa shape index (κ3) is 2.17. The number of rotatable bonds is 2. The summed E-state index contributed by atoms with van der Waals surface area (Å²) in [6, 6.07) is 0. The summed E-state index contributed by atoms with van der Waals surface area (Å²) in [6.07, 6.45) is 1.65. The molecule has 1 atom stereocenters. The van der Waals surface area contributed by atoms with Gasteiger partial charge in [0.15, 0.2) is 9.84 Å².